The Kier molecular flexibility index (Phi) is 6.71. The second-order valence-corrected chi connectivity index (χ2v) is 8.47. The minimum Gasteiger partial charge on any atom is -0.495 e. The van der Waals surface area contributed by atoms with Gasteiger partial charge in [-0.1, -0.05) is 30.3 Å². The van der Waals surface area contributed by atoms with Crippen LogP contribution in [-0.4, -0.2) is 27.5 Å². The lowest BCUT2D eigenvalue weighted by molar-refractivity contribution is -0.120. The molecule has 3 rings (SSSR count). The number of anilines is 1. The molecule has 2 aromatic rings. The zero-order chi connectivity index (χ0) is 19.7. The smallest absolute Gasteiger partial charge is 0.248 e. The van der Waals surface area contributed by atoms with E-state index in [1.165, 1.54) is 19.2 Å². The number of nitrogens with two attached hydrogens (primary N) is 1. The largest absolute Gasteiger partial charge is 0.495 e. The fourth-order valence-electron chi connectivity index (χ4n) is 2.62. The number of halogens is 1. The van der Waals surface area contributed by atoms with Crippen molar-refractivity contribution in [1.29, 1.82) is 0 Å². The number of carbonyl (C=O) groups is 1. The summed E-state index contributed by atoms with van der Waals surface area (Å²) in [5, 5.41) is 2.70. The number of rotatable bonds is 7. The fraction of sp³-hybridized carbons (Fsp3) is 0.316. The van der Waals surface area contributed by atoms with E-state index in [-0.39, 0.29) is 29.1 Å². The Bertz CT molecular complexity index is 945. The van der Waals surface area contributed by atoms with Crippen LogP contribution < -0.4 is 20.5 Å². The van der Waals surface area contributed by atoms with Gasteiger partial charge in [0.25, 0.3) is 0 Å². The molecule has 2 aromatic carbocycles. The number of hydrogen-bond donors (Lipinski definition) is 3. The van der Waals surface area contributed by atoms with Crippen LogP contribution >= 0.6 is 12.4 Å². The van der Waals surface area contributed by atoms with E-state index < -0.39 is 21.5 Å². The van der Waals surface area contributed by atoms with Crippen LogP contribution in [0.4, 0.5) is 5.69 Å². The van der Waals surface area contributed by atoms with Gasteiger partial charge in [-0.2, -0.15) is 0 Å². The molecule has 1 saturated carbocycles. The van der Waals surface area contributed by atoms with Gasteiger partial charge in [-0.25, -0.2) is 13.1 Å². The summed E-state index contributed by atoms with van der Waals surface area (Å²) in [6, 6.07) is 13.4. The summed E-state index contributed by atoms with van der Waals surface area (Å²) in [4.78, 5) is 12.7. The fourth-order valence-corrected chi connectivity index (χ4v) is 4.12. The monoisotopic (exact) mass is 425 g/mol. The van der Waals surface area contributed by atoms with Crippen LogP contribution in [0.3, 0.4) is 0 Å². The summed E-state index contributed by atoms with van der Waals surface area (Å²) in [5.41, 5.74) is 5.92. The molecular formula is C19H24ClN3O4S. The van der Waals surface area contributed by atoms with Crippen molar-refractivity contribution in [3.8, 4) is 5.75 Å². The molecule has 28 heavy (non-hydrogen) atoms. The van der Waals surface area contributed by atoms with E-state index in [1.54, 1.807) is 37.3 Å². The van der Waals surface area contributed by atoms with E-state index in [9.17, 15) is 13.2 Å². The maximum atomic E-state index is 12.7. The quantitative estimate of drug-likeness (QED) is 0.630. The van der Waals surface area contributed by atoms with E-state index in [0.717, 1.165) is 12.8 Å². The summed E-state index contributed by atoms with van der Waals surface area (Å²) < 4.78 is 33.0. The predicted octanol–water partition coefficient (Wildman–Crippen LogP) is 2.37. The van der Waals surface area contributed by atoms with E-state index in [4.69, 9.17) is 10.5 Å². The molecule has 1 fully saturated rings. The Balaban J connectivity index is 0.00000280. The summed E-state index contributed by atoms with van der Waals surface area (Å²) in [5.74, 6) is -0.239. The first-order valence-electron chi connectivity index (χ1n) is 8.60. The third-order valence-electron chi connectivity index (χ3n) is 4.46. The maximum Gasteiger partial charge on any atom is 0.248 e. The predicted molar refractivity (Wildman–Crippen MR) is 110 cm³/mol. The molecule has 1 amide bonds. The molecule has 4 N–H and O–H groups in total. The molecule has 1 atom stereocenters. The second kappa shape index (κ2) is 8.48. The number of hydrogen-bond acceptors (Lipinski definition) is 5. The highest BCUT2D eigenvalue weighted by Crippen LogP contribution is 2.30. The molecular weight excluding hydrogens is 402 g/mol. The van der Waals surface area contributed by atoms with Crippen LogP contribution in [0.25, 0.3) is 0 Å². The van der Waals surface area contributed by atoms with Crippen molar-refractivity contribution in [2.45, 2.75) is 36.2 Å². The Morgan fingerprint density at radius 3 is 2.39 bits per heavy atom. The van der Waals surface area contributed by atoms with Crippen LogP contribution in [0.5, 0.6) is 5.75 Å². The molecule has 0 aromatic heterocycles. The second-order valence-electron chi connectivity index (χ2n) is 6.78. The number of benzene rings is 2. The van der Waals surface area contributed by atoms with Crippen molar-refractivity contribution in [3.05, 3.63) is 54.1 Å². The minimum atomic E-state index is -3.74. The molecule has 0 aliphatic heterocycles. The molecule has 0 heterocycles. The van der Waals surface area contributed by atoms with Gasteiger partial charge in [0.1, 0.15) is 16.2 Å². The summed E-state index contributed by atoms with van der Waals surface area (Å²) in [6.45, 7) is 1.60. The Morgan fingerprint density at radius 2 is 1.82 bits per heavy atom. The molecule has 0 spiro atoms. The maximum absolute atomic E-state index is 12.7. The Hall–Kier alpha value is -2.13. The SMILES string of the molecule is COc1ccc(NC(=O)C(C)(N)c2ccccc2)cc1S(=O)(=O)NC1CC1.Cl. The van der Waals surface area contributed by atoms with E-state index in [2.05, 4.69) is 10.0 Å². The molecule has 0 radical (unpaired) electrons. The lowest BCUT2D eigenvalue weighted by atomic mass is 9.92. The highest BCUT2D eigenvalue weighted by Gasteiger charge is 2.32. The van der Waals surface area contributed by atoms with Gasteiger partial charge in [-0.15, -0.1) is 12.4 Å². The highest BCUT2D eigenvalue weighted by atomic mass is 35.5. The number of amides is 1. The van der Waals surface area contributed by atoms with Crippen molar-refractivity contribution < 1.29 is 17.9 Å². The van der Waals surface area contributed by atoms with E-state index in [0.29, 0.717) is 11.3 Å². The first kappa shape index (κ1) is 22.2. The lowest BCUT2D eigenvalue weighted by Crippen LogP contribution is -2.45. The molecule has 1 aliphatic carbocycles. The lowest BCUT2D eigenvalue weighted by Gasteiger charge is -2.24. The van der Waals surface area contributed by atoms with Crippen molar-refractivity contribution in [2.75, 3.05) is 12.4 Å². The first-order valence-corrected chi connectivity index (χ1v) is 10.1. The minimum absolute atomic E-state index is 0. The number of nitrogens with one attached hydrogen (secondary N) is 2. The Morgan fingerprint density at radius 1 is 1.18 bits per heavy atom. The van der Waals surface area contributed by atoms with Gasteiger partial charge < -0.3 is 15.8 Å². The number of methoxy groups -OCH3 is 1. The molecule has 152 valence electrons. The average Bonchev–Trinajstić information content (AvgIpc) is 3.45. The summed E-state index contributed by atoms with van der Waals surface area (Å²) in [7, 11) is -2.34. The topological polar surface area (TPSA) is 111 Å². The molecule has 7 nitrogen and oxygen atoms in total. The van der Waals surface area contributed by atoms with Crippen LogP contribution in [0.2, 0.25) is 0 Å². The third kappa shape index (κ3) is 4.82. The van der Waals surface area contributed by atoms with Crippen LogP contribution in [-0.2, 0) is 20.4 Å². The van der Waals surface area contributed by atoms with Gasteiger partial charge in [0.2, 0.25) is 15.9 Å². The molecule has 0 saturated heterocycles. The van der Waals surface area contributed by atoms with Gasteiger partial charge in [0, 0.05) is 11.7 Å². The molecule has 1 aliphatic rings. The van der Waals surface area contributed by atoms with Crippen molar-refractivity contribution in [3.63, 3.8) is 0 Å². The van der Waals surface area contributed by atoms with Gasteiger partial charge >= 0.3 is 0 Å². The van der Waals surface area contributed by atoms with Gasteiger partial charge in [-0.05, 0) is 43.5 Å². The van der Waals surface area contributed by atoms with Crippen molar-refractivity contribution >= 4 is 34.0 Å². The van der Waals surface area contributed by atoms with Gasteiger partial charge in [0.05, 0.1) is 7.11 Å². The number of sulfonamides is 1. The molecule has 9 heteroatoms. The van der Waals surface area contributed by atoms with Gasteiger partial charge in [-0.3, -0.25) is 4.79 Å². The third-order valence-corrected chi connectivity index (χ3v) is 6.00. The zero-order valence-electron chi connectivity index (χ0n) is 15.6. The first-order chi connectivity index (χ1) is 12.7. The standard InChI is InChI=1S/C19H23N3O4S.ClH/c1-19(20,13-6-4-3-5-7-13)18(23)21-15-10-11-16(26-2)17(12-15)27(24,25)22-14-8-9-14;/h3-7,10-12,14,22H,8-9,20H2,1-2H3,(H,21,23);1H. The average molecular weight is 426 g/mol. The van der Waals surface area contributed by atoms with Crippen LogP contribution in [0.15, 0.2) is 53.4 Å². The van der Waals surface area contributed by atoms with Crippen molar-refractivity contribution in [1.82, 2.24) is 4.72 Å². The summed E-state index contributed by atoms with van der Waals surface area (Å²) >= 11 is 0. The van der Waals surface area contributed by atoms with Gasteiger partial charge in [0.15, 0.2) is 0 Å². The van der Waals surface area contributed by atoms with Crippen LogP contribution in [0.1, 0.15) is 25.3 Å². The highest BCUT2D eigenvalue weighted by molar-refractivity contribution is 7.89. The van der Waals surface area contributed by atoms with E-state index in [1.807, 2.05) is 6.07 Å². The Labute approximate surface area is 171 Å². The summed E-state index contributed by atoms with van der Waals surface area (Å²) in [6.07, 6.45) is 1.64. The van der Waals surface area contributed by atoms with E-state index >= 15 is 0 Å². The normalized spacial score (nSPS) is 15.8. The zero-order valence-corrected chi connectivity index (χ0v) is 17.3. The van der Waals surface area contributed by atoms with Crippen LogP contribution in [0, 0.1) is 0 Å². The van der Waals surface area contributed by atoms with Crippen molar-refractivity contribution in [2.24, 2.45) is 5.73 Å². The number of ether oxygens (including phenoxy) is 1. The molecule has 1 unspecified atom stereocenters. The number of carbonyl (C=O) groups excluding carboxylic acids is 1. The molecule has 0 bridgehead atoms.